The molecule has 0 aliphatic rings. The molecule has 1 heterocycles. The average Bonchev–Trinajstić information content (AvgIpc) is 2.52. The van der Waals surface area contributed by atoms with E-state index in [1.54, 1.807) is 30.3 Å². The number of nitrogens with zero attached hydrogens (tertiary/aromatic N) is 2. The summed E-state index contributed by atoms with van der Waals surface area (Å²) in [5.41, 5.74) is 0.554. The van der Waals surface area contributed by atoms with Crippen LogP contribution in [0.15, 0.2) is 52.0 Å². The minimum absolute atomic E-state index is 0.109. The summed E-state index contributed by atoms with van der Waals surface area (Å²) >= 11 is 15.2. The molecule has 3 aromatic rings. The van der Waals surface area contributed by atoms with E-state index in [0.717, 1.165) is 4.47 Å². The number of fused-ring (bicyclic) bond motifs is 1. The third-order valence-electron chi connectivity index (χ3n) is 3.27. The summed E-state index contributed by atoms with van der Waals surface area (Å²) in [7, 11) is 0. The third kappa shape index (κ3) is 3.68. The Hall–Kier alpha value is -1.56. The molecule has 0 saturated carbocycles. The number of ether oxygens (including phenoxy) is 1. The molecule has 3 rings (SSSR count). The Morgan fingerprint density at radius 1 is 1.17 bits per heavy atom. The van der Waals surface area contributed by atoms with Crippen LogP contribution in [0.2, 0.25) is 10.0 Å². The highest BCUT2D eigenvalue weighted by Crippen LogP contribution is 2.27. The summed E-state index contributed by atoms with van der Waals surface area (Å²) in [5.74, 6) is 0.528. The lowest BCUT2D eigenvalue weighted by molar-refractivity contribution is 0.296. The second-order valence-electron chi connectivity index (χ2n) is 4.83. The van der Waals surface area contributed by atoms with Crippen LogP contribution in [0, 0.1) is 0 Å². The van der Waals surface area contributed by atoms with Gasteiger partial charge in [-0.25, -0.2) is 4.98 Å². The average molecular weight is 414 g/mol. The fourth-order valence-electron chi connectivity index (χ4n) is 2.14. The quantitative estimate of drug-likeness (QED) is 0.630. The van der Waals surface area contributed by atoms with Gasteiger partial charge < -0.3 is 4.74 Å². The zero-order valence-corrected chi connectivity index (χ0v) is 14.9. The molecule has 0 saturated heterocycles. The van der Waals surface area contributed by atoms with Crippen LogP contribution in [-0.2, 0) is 6.54 Å². The molecule has 0 bridgehead atoms. The molecule has 0 N–H and O–H groups in total. The van der Waals surface area contributed by atoms with Crippen molar-refractivity contribution in [1.29, 1.82) is 0 Å². The molecule has 4 nitrogen and oxygen atoms in total. The van der Waals surface area contributed by atoms with Crippen molar-refractivity contribution in [2.24, 2.45) is 0 Å². The van der Waals surface area contributed by atoms with E-state index in [0.29, 0.717) is 39.8 Å². The first-order chi connectivity index (χ1) is 11.0. The van der Waals surface area contributed by atoms with Gasteiger partial charge in [-0.15, -0.1) is 0 Å². The van der Waals surface area contributed by atoms with Crippen LogP contribution in [0.1, 0.15) is 0 Å². The van der Waals surface area contributed by atoms with Gasteiger partial charge in [-0.1, -0.05) is 39.1 Å². The van der Waals surface area contributed by atoms with Crippen LogP contribution in [0.25, 0.3) is 10.9 Å². The van der Waals surface area contributed by atoms with E-state index in [9.17, 15) is 4.79 Å². The predicted molar refractivity (Wildman–Crippen MR) is 95.7 cm³/mol. The molecular formula is C16H11BrCl2N2O2. The van der Waals surface area contributed by atoms with Gasteiger partial charge in [-0.3, -0.25) is 9.36 Å². The largest absolute Gasteiger partial charge is 0.490 e. The van der Waals surface area contributed by atoms with Gasteiger partial charge >= 0.3 is 0 Å². The topological polar surface area (TPSA) is 44.1 Å². The summed E-state index contributed by atoms with van der Waals surface area (Å²) in [6.45, 7) is 0.662. The maximum absolute atomic E-state index is 12.4. The van der Waals surface area contributed by atoms with Crippen LogP contribution in [0.5, 0.6) is 5.75 Å². The van der Waals surface area contributed by atoms with Gasteiger partial charge in [-0.2, -0.15) is 0 Å². The summed E-state index contributed by atoms with van der Waals surface area (Å²) in [6.07, 6.45) is 1.52. The zero-order valence-electron chi connectivity index (χ0n) is 11.8. The van der Waals surface area contributed by atoms with Crippen LogP contribution in [-0.4, -0.2) is 16.2 Å². The molecule has 0 amide bonds. The van der Waals surface area contributed by atoms with Crippen molar-refractivity contribution in [1.82, 2.24) is 9.55 Å². The Labute approximate surface area is 150 Å². The van der Waals surface area contributed by atoms with Gasteiger partial charge in [0, 0.05) is 9.50 Å². The highest BCUT2D eigenvalue weighted by Gasteiger charge is 2.06. The number of aromatic nitrogens is 2. The van der Waals surface area contributed by atoms with Crippen molar-refractivity contribution in [2.45, 2.75) is 6.54 Å². The number of hydrogen-bond acceptors (Lipinski definition) is 3. The summed E-state index contributed by atoms with van der Waals surface area (Å²) in [4.78, 5) is 16.7. The number of rotatable bonds is 4. The minimum atomic E-state index is -0.109. The van der Waals surface area contributed by atoms with Gasteiger partial charge in [0.25, 0.3) is 5.56 Å². The maximum Gasteiger partial charge on any atom is 0.261 e. The Morgan fingerprint density at radius 2 is 2.00 bits per heavy atom. The lowest BCUT2D eigenvalue weighted by Crippen LogP contribution is -2.23. The van der Waals surface area contributed by atoms with Gasteiger partial charge in [0.15, 0.2) is 0 Å². The second kappa shape index (κ2) is 6.91. The number of halogens is 3. The summed E-state index contributed by atoms with van der Waals surface area (Å²) in [6, 6.07) is 10.4. The first-order valence-electron chi connectivity index (χ1n) is 6.77. The van der Waals surface area contributed by atoms with Crippen molar-refractivity contribution in [3.63, 3.8) is 0 Å². The molecular weight excluding hydrogens is 403 g/mol. The van der Waals surface area contributed by atoms with E-state index >= 15 is 0 Å². The molecule has 23 heavy (non-hydrogen) atoms. The normalized spacial score (nSPS) is 10.9. The first-order valence-corrected chi connectivity index (χ1v) is 8.32. The standard InChI is InChI=1S/C16H11BrCl2N2O2/c17-10-1-3-14-12(7-10)16(22)21(9-20-14)5-6-23-15-4-2-11(18)8-13(15)19/h1-4,7-9H,5-6H2. The predicted octanol–water partition coefficient (Wildman–Crippen LogP) is 4.54. The highest BCUT2D eigenvalue weighted by molar-refractivity contribution is 9.10. The van der Waals surface area contributed by atoms with Crippen molar-refractivity contribution >= 4 is 50.0 Å². The van der Waals surface area contributed by atoms with E-state index < -0.39 is 0 Å². The summed E-state index contributed by atoms with van der Waals surface area (Å²) in [5, 5.41) is 1.54. The van der Waals surface area contributed by atoms with E-state index in [1.807, 2.05) is 6.07 Å². The fraction of sp³-hybridized carbons (Fsp3) is 0.125. The molecule has 0 radical (unpaired) electrons. The molecule has 0 spiro atoms. The monoisotopic (exact) mass is 412 g/mol. The van der Waals surface area contributed by atoms with E-state index in [-0.39, 0.29) is 5.56 Å². The van der Waals surface area contributed by atoms with Crippen molar-refractivity contribution < 1.29 is 4.74 Å². The van der Waals surface area contributed by atoms with E-state index in [2.05, 4.69) is 20.9 Å². The molecule has 7 heteroatoms. The van der Waals surface area contributed by atoms with E-state index in [4.69, 9.17) is 27.9 Å². The Morgan fingerprint density at radius 3 is 2.78 bits per heavy atom. The molecule has 0 atom stereocenters. The van der Waals surface area contributed by atoms with Gasteiger partial charge in [0.1, 0.15) is 12.4 Å². The number of benzene rings is 2. The van der Waals surface area contributed by atoms with Crippen LogP contribution < -0.4 is 10.3 Å². The first kappa shape index (κ1) is 16.3. The Kier molecular flexibility index (Phi) is 4.90. The molecule has 2 aromatic carbocycles. The van der Waals surface area contributed by atoms with Crippen LogP contribution in [0.4, 0.5) is 0 Å². The molecule has 118 valence electrons. The molecule has 0 aliphatic heterocycles. The Balaban J connectivity index is 1.77. The SMILES string of the molecule is O=c1c2cc(Br)ccc2ncn1CCOc1ccc(Cl)cc1Cl. The van der Waals surface area contributed by atoms with Crippen LogP contribution in [0.3, 0.4) is 0 Å². The van der Waals surface area contributed by atoms with Crippen molar-refractivity contribution in [3.8, 4) is 5.75 Å². The van der Waals surface area contributed by atoms with Crippen LogP contribution >= 0.6 is 39.1 Å². The van der Waals surface area contributed by atoms with E-state index in [1.165, 1.54) is 10.9 Å². The molecule has 0 aliphatic carbocycles. The summed E-state index contributed by atoms with van der Waals surface area (Å²) < 4.78 is 7.95. The van der Waals surface area contributed by atoms with Crippen molar-refractivity contribution in [3.05, 3.63) is 67.6 Å². The number of hydrogen-bond donors (Lipinski definition) is 0. The van der Waals surface area contributed by atoms with Gasteiger partial charge in [0.05, 0.1) is 28.8 Å². The third-order valence-corrected chi connectivity index (χ3v) is 4.29. The molecule has 1 aromatic heterocycles. The zero-order chi connectivity index (χ0) is 16.4. The smallest absolute Gasteiger partial charge is 0.261 e. The lowest BCUT2D eigenvalue weighted by Gasteiger charge is -2.10. The highest BCUT2D eigenvalue weighted by atomic mass is 79.9. The minimum Gasteiger partial charge on any atom is -0.490 e. The van der Waals surface area contributed by atoms with Gasteiger partial charge in [-0.05, 0) is 36.4 Å². The van der Waals surface area contributed by atoms with Crippen molar-refractivity contribution in [2.75, 3.05) is 6.61 Å². The molecule has 0 fully saturated rings. The maximum atomic E-state index is 12.4. The second-order valence-corrected chi connectivity index (χ2v) is 6.59. The Bertz CT molecular complexity index is 928. The molecule has 0 unspecified atom stereocenters. The fourth-order valence-corrected chi connectivity index (χ4v) is 2.96. The lowest BCUT2D eigenvalue weighted by atomic mass is 10.2. The van der Waals surface area contributed by atoms with Gasteiger partial charge in [0.2, 0.25) is 0 Å².